The van der Waals surface area contributed by atoms with Crippen LogP contribution in [-0.2, 0) is 0 Å². The third kappa shape index (κ3) is 3.10. The van der Waals surface area contributed by atoms with E-state index in [1.807, 2.05) is 41.1 Å². The van der Waals surface area contributed by atoms with Crippen molar-refractivity contribution in [3.05, 3.63) is 106 Å². The van der Waals surface area contributed by atoms with Crippen molar-refractivity contribution in [2.45, 2.75) is 17.0 Å². The second kappa shape index (κ2) is 7.73. The van der Waals surface area contributed by atoms with Crippen molar-refractivity contribution in [2.24, 2.45) is 0 Å². The van der Waals surface area contributed by atoms with Crippen LogP contribution in [0.5, 0.6) is 5.75 Å². The van der Waals surface area contributed by atoms with Crippen LogP contribution in [0.15, 0.2) is 89.6 Å². The Balaban J connectivity index is 1.61. The average molecular weight is 459 g/mol. The van der Waals surface area contributed by atoms with Crippen LogP contribution in [0, 0.1) is 0 Å². The highest BCUT2D eigenvalue weighted by Crippen LogP contribution is 2.50. The molecule has 2 aliphatic heterocycles. The zero-order valence-corrected chi connectivity index (χ0v) is 18.8. The van der Waals surface area contributed by atoms with Gasteiger partial charge in [0.2, 0.25) is 5.95 Å². The van der Waals surface area contributed by atoms with Gasteiger partial charge in [0.1, 0.15) is 24.2 Å². The van der Waals surface area contributed by atoms with Crippen molar-refractivity contribution in [1.82, 2.24) is 14.8 Å². The molecule has 0 saturated carbocycles. The van der Waals surface area contributed by atoms with Gasteiger partial charge in [0, 0.05) is 21.1 Å². The Labute approximate surface area is 195 Å². The van der Waals surface area contributed by atoms with E-state index < -0.39 is 0 Å². The SMILES string of the molecule is CSc1ccc([C@H]2Oc3ccccc3C3=C2[C@@H](c2cccc(Cl)c2)n2ncnc2N3)cc1. The van der Waals surface area contributed by atoms with E-state index in [0.29, 0.717) is 11.0 Å². The van der Waals surface area contributed by atoms with Crippen LogP contribution in [0.4, 0.5) is 5.95 Å². The molecule has 0 fully saturated rings. The van der Waals surface area contributed by atoms with Crippen LogP contribution >= 0.6 is 23.4 Å². The first-order chi connectivity index (χ1) is 15.7. The van der Waals surface area contributed by atoms with Gasteiger partial charge in [-0.25, -0.2) is 4.68 Å². The summed E-state index contributed by atoms with van der Waals surface area (Å²) in [7, 11) is 0. The first-order valence-corrected chi connectivity index (χ1v) is 11.9. The zero-order chi connectivity index (χ0) is 21.7. The number of halogens is 1. The van der Waals surface area contributed by atoms with E-state index in [1.165, 1.54) is 4.90 Å². The highest BCUT2D eigenvalue weighted by molar-refractivity contribution is 7.98. The summed E-state index contributed by atoms with van der Waals surface area (Å²) in [6, 6.07) is 24.4. The van der Waals surface area contributed by atoms with Crippen molar-refractivity contribution in [3.8, 4) is 5.75 Å². The molecule has 32 heavy (non-hydrogen) atoms. The number of aromatic nitrogens is 3. The largest absolute Gasteiger partial charge is 0.480 e. The lowest BCUT2D eigenvalue weighted by Crippen LogP contribution is -2.32. The number of fused-ring (bicyclic) bond motifs is 3. The lowest BCUT2D eigenvalue weighted by atomic mass is 9.84. The Morgan fingerprint density at radius 2 is 1.84 bits per heavy atom. The number of anilines is 1. The number of hydrogen-bond donors (Lipinski definition) is 1. The summed E-state index contributed by atoms with van der Waals surface area (Å²) in [6.45, 7) is 0. The highest BCUT2D eigenvalue weighted by atomic mass is 35.5. The first-order valence-electron chi connectivity index (χ1n) is 10.3. The number of nitrogens with zero attached hydrogens (tertiary/aromatic N) is 3. The molecule has 0 aliphatic carbocycles. The van der Waals surface area contributed by atoms with Gasteiger partial charge in [-0.2, -0.15) is 10.1 Å². The van der Waals surface area contributed by atoms with Crippen molar-refractivity contribution < 1.29 is 4.74 Å². The zero-order valence-electron chi connectivity index (χ0n) is 17.2. The Morgan fingerprint density at radius 3 is 2.66 bits per heavy atom. The molecule has 0 spiro atoms. The molecule has 2 aliphatic rings. The smallest absolute Gasteiger partial charge is 0.226 e. The minimum Gasteiger partial charge on any atom is -0.480 e. The second-order valence-corrected chi connectivity index (χ2v) is 9.02. The molecule has 0 amide bonds. The van der Waals surface area contributed by atoms with Gasteiger partial charge < -0.3 is 10.1 Å². The Hall–Kier alpha value is -3.22. The molecule has 4 aromatic rings. The molecule has 7 heteroatoms. The van der Waals surface area contributed by atoms with Crippen LogP contribution in [0.25, 0.3) is 5.70 Å². The maximum Gasteiger partial charge on any atom is 0.226 e. The quantitative estimate of drug-likeness (QED) is 0.370. The third-order valence-corrected chi connectivity index (χ3v) is 6.88. The van der Waals surface area contributed by atoms with E-state index >= 15 is 0 Å². The summed E-state index contributed by atoms with van der Waals surface area (Å²) in [5.74, 6) is 1.54. The minimum atomic E-state index is -0.287. The van der Waals surface area contributed by atoms with E-state index in [1.54, 1.807) is 18.1 Å². The number of benzene rings is 3. The van der Waals surface area contributed by atoms with E-state index in [2.05, 4.69) is 58.1 Å². The predicted molar refractivity (Wildman–Crippen MR) is 128 cm³/mol. The molecule has 0 unspecified atom stereocenters. The summed E-state index contributed by atoms with van der Waals surface area (Å²) < 4.78 is 8.54. The molecule has 158 valence electrons. The minimum absolute atomic E-state index is 0.207. The van der Waals surface area contributed by atoms with Gasteiger partial charge >= 0.3 is 0 Å². The fourth-order valence-corrected chi connectivity index (χ4v) is 5.08. The van der Waals surface area contributed by atoms with Gasteiger partial charge in [0.05, 0.1) is 5.70 Å². The number of nitrogens with one attached hydrogen (secondary N) is 1. The van der Waals surface area contributed by atoms with Crippen molar-refractivity contribution in [2.75, 3.05) is 11.6 Å². The summed E-state index contributed by atoms with van der Waals surface area (Å²) in [4.78, 5) is 5.68. The molecule has 3 heterocycles. The molecule has 5 nitrogen and oxygen atoms in total. The summed E-state index contributed by atoms with van der Waals surface area (Å²) in [5.41, 5.74) is 5.23. The van der Waals surface area contributed by atoms with Gasteiger partial charge in [-0.15, -0.1) is 11.8 Å². The number of para-hydroxylation sites is 1. The monoisotopic (exact) mass is 458 g/mol. The van der Waals surface area contributed by atoms with Gasteiger partial charge in [0.25, 0.3) is 0 Å². The van der Waals surface area contributed by atoms with E-state index in [4.69, 9.17) is 16.3 Å². The average Bonchev–Trinajstić information content (AvgIpc) is 3.30. The van der Waals surface area contributed by atoms with Crippen LogP contribution in [0.3, 0.4) is 0 Å². The number of rotatable bonds is 3. The molecular formula is C25H19ClN4OS. The molecule has 2 atom stereocenters. The standard InChI is InChI=1S/C25H19ClN4OS/c1-32-18-11-9-15(10-12-18)24-21-22(19-7-2-3-8-20(19)31-24)29-25-27-14-28-30(25)23(21)16-5-4-6-17(26)13-16/h2-14,23-24H,1H3,(H,27,28,29)/t23-,24-/m1/s1. The lowest BCUT2D eigenvalue weighted by Gasteiger charge is -2.39. The molecule has 0 bridgehead atoms. The number of thioether (sulfide) groups is 1. The van der Waals surface area contributed by atoms with E-state index in [-0.39, 0.29) is 12.1 Å². The summed E-state index contributed by atoms with van der Waals surface area (Å²) in [5, 5.41) is 8.76. The lowest BCUT2D eigenvalue weighted by molar-refractivity contribution is 0.223. The molecule has 0 saturated heterocycles. The molecule has 3 aromatic carbocycles. The Kier molecular flexibility index (Phi) is 4.70. The van der Waals surface area contributed by atoms with Crippen molar-refractivity contribution in [1.29, 1.82) is 0 Å². The van der Waals surface area contributed by atoms with Gasteiger partial charge in [-0.1, -0.05) is 48.0 Å². The summed E-state index contributed by atoms with van der Waals surface area (Å²) in [6.07, 6.45) is 3.37. The van der Waals surface area contributed by atoms with Gasteiger partial charge in [-0.3, -0.25) is 0 Å². The van der Waals surface area contributed by atoms with Gasteiger partial charge in [0.15, 0.2) is 0 Å². The Morgan fingerprint density at radius 1 is 1.00 bits per heavy atom. The van der Waals surface area contributed by atoms with Crippen LogP contribution in [0.2, 0.25) is 5.02 Å². The fraction of sp³-hybridized carbons (Fsp3) is 0.120. The number of ether oxygens (including phenoxy) is 1. The molecule has 1 aromatic heterocycles. The maximum absolute atomic E-state index is 6.64. The van der Waals surface area contributed by atoms with Crippen LogP contribution in [0.1, 0.15) is 28.8 Å². The van der Waals surface area contributed by atoms with E-state index in [9.17, 15) is 0 Å². The molecule has 6 rings (SSSR count). The maximum atomic E-state index is 6.64. The second-order valence-electron chi connectivity index (χ2n) is 7.71. The highest BCUT2D eigenvalue weighted by Gasteiger charge is 2.40. The molecule has 1 N–H and O–H groups in total. The normalized spacial score (nSPS) is 18.8. The first kappa shape index (κ1) is 19.5. The van der Waals surface area contributed by atoms with Crippen molar-refractivity contribution >= 4 is 35.0 Å². The third-order valence-electron chi connectivity index (χ3n) is 5.90. The van der Waals surface area contributed by atoms with Crippen LogP contribution < -0.4 is 10.1 Å². The predicted octanol–water partition coefficient (Wildman–Crippen LogP) is 6.21. The molecule has 0 radical (unpaired) electrons. The molecular weight excluding hydrogens is 440 g/mol. The van der Waals surface area contributed by atoms with Crippen LogP contribution in [-0.4, -0.2) is 21.0 Å². The Bertz CT molecular complexity index is 1350. The van der Waals surface area contributed by atoms with E-state index in [0.717, 1.165) is 33.7 Å². The fourth-order valence-electron chi connectivity index (χ4n) is 4.47. The van der Waals surface area contributed by atoms with Crippen molar-refractivity contribution in [3.63, 3.8) is 0 Å². The topological polar surface area (TPSA) is 52.0 Å². The summed E-state index contributed by atoms with van der Waals surface area (Å²) >= 11 is 8.12. The number of hydrogen-bond acceptors (Lipinski definition) is 5. The van der Waals surface area contributed by atoms with Gasteiger partial charge in [-0.05, 0) is 53.8 Å².